The molecule has 1 aromatic carbocycles. The van der Waals surface area contributed by atoms with Gasteiger partial charge in [-0.25, -0.2) is 4.39 Å². The highest BCUT2D eigenvalue weighted by atomic mass is 35.5. The number of carbonyl (C=O) groups excluding carboxylic acids is 4. The van der Waals surface area contributed by atoms with Crippen molar-refractivity contribution in [2.24, 2.45) is 0 Å². The van der Waals surface area contributed by atoms with Gasteiger partial charge in [0.15, 0.2) is 0 Å². The van der Waals surface area contributed by atoms with Crippen molar-refractivity contribution in [2.45, 2.75) is 44.3 Å². The van der Waals surface area contributed by atoms with Gasteiger partial charge >= 0.3 is 5.97 Å². The molecule has 0 radical (unpaired) electrons. The van der Waals surface area contributed by atoms with Crippen molar-refractivity contribution < 1.29 is 33.5 Å². The number of nitrogens with zero attached hydrogens (tertiary/aromatic N) is 1. The highest BCUT2D eigenvalue weighted by molar-refractivity contribution is 6.31. The molecule has 3 atom stereocenters. The number of aldehydes is 1. The summed E-state index contributed by atoms with van der Waals surface area (Å²) in [7, 11) is 0. The standard InChI is InChI=1S/C19H21ClFN3O6/c1-10(22-17(28)11-4-5-14(21)13(20)7-11)19(30)24-6-2-3-15(24)18(29)23-12(9-25)8-16(26)27/h4-5,7,9-10,12,15H,2-3,6,8H2,1H3,(H,22,28)(H,23,29)(H,26,27)/t10?,12?,15-/m0/s1. The van der Waals surface area contributed by atoms with Crippen molar-refractivity contribution in [1.29, 1.82) is 0 Å². The van der Waals surface area contributed by atoms with Crippen molar-refractivity contribution >= 4 is 41.6 Å². The molecule has 0 aliphatic carbocycles. The molecule has 2 rings (SSSR count). The smallest absolute Gasteiger partial charge is 0.305 e. The van der Waals surface area contributed by atoms with Crippen LogP contribution in [0.4, 0.5) is 4.39 Å². The lowest BCUT2D eigenvalue weighted by Gasteiger charge is -2.27. The molecule has 0 bridgehead atoms. The monoisotopic (exact) mass is 441 g/mol. The first-order valence-electron chi connectivity index (χ1n) is 9.18. The minimum Gasteiger partial charge on any atom is -0.481 e. The zero-order valence-corrected chi connectivity index (χ0v) is 16.8. The first-order chi connectivity index (χ1) is 14.1. The van der Waals surface area contributed by atoms with E-state index in [0.717, 1.165) is 12.1 Å². The number of hydrogen-bond donors (Lipinski definition) is 3. The highest BCUT2D eigenvalue weighted by Gasteiger charge is 2.37. The van der Waals surface area contributed by atoms with E-state index >= 15 is 0 Å². The van der Waals surface area contributed by atoms with Crippen LogP contribution in [0.15, 0.2) is 18.2 Å². The molecule has 1 fully saturated rings. The maximum Gasteiger partial charge on any atom is 0.305 e. The summed E-state index contributed by atoms with van der Waals surface area (Å²) < 4.78 is 13.2. The molecule has 1 aliphatic rings. The summed E-state index contributed by atoms with van der Waals surface area (Å²) in [4.78, 5) is 60.5. The van der Waals surface area contributed by atoms with E-state index in [2.05, 4.69) is 10.6 Å². The first-order valence-corrected chi connectivity index (χ1v) is 9.55. The summed E-state index contributed by atoms with van der Waals surface area (Å²) in [6, 6.07) is 0.321. The predicted molar refractivity (Wildman–Crippen MR) is 103 cm³/mol. The van der Waals surface area contributed by atoms with Crippen molar-refractivity contribution in [1.82, 2.24) is 15.5 Å². The van der Waals surface area contributed by atoms with E-state index in [-0.39, 0.29) is 17.1 Å². The molecular weight excluding hydrogens is 421 g/mol. The largest absolute Gasteiger partial charge is 0.481 e. The van der Waals surface area contributed by atoms with Crippen LogP contribution in [-0.4, -0.2) is 64.7 Å². The number of likely N-dealkylation sites (tertiary alicyclic amines) is 1. The molecule has 0 aromatic heterocycles. The second-order valence-electron chi connectivity index (χ2n) is 6.86. The van der Waals surface area contributed by atoms with Gasteiger partial charge in [-0.3, -0.25) is 19.2 Å². The molecule has 0 saturated carbocycles. The molecule has 162 valence electrons. The molecule has 3 N–H and O–H groups in total. The minimum atomic E-state index is -1.25. The van der Waals surface area contributed by atoms with E-state index in [0.29, 0.717) is 19.1 Å². The molecule has 1 heterocycles. The van der Waals surface area contributed by atoms with Crippen LogP contribution >= 0.6 is 11.6 Å². The SMILES string of the molecule is CC(NC(=O)c1ccc(F)c(Cl)c1)C(=O)N1CCC[C@H]1C(=O)NC(C=O)CC(=O)O. The Morgan fingerprint density at radius 2 is 2.03 bits per heavy atom. The Morgan fingerprint density at radius 1 is 1.33 bits per heavy atom. The van der Waals surface area contributed by atoms with E-state index in [1.165, 1.54) is 17.9 Å². The Kier molecular flexibility index (Phi) is 7.87. The molecule has 11 heteroatoms. The Hall–Kier alpha value is -3.01. The number of benzene rings is 1. The Morgan fingerprint density at radius 3 is 2.63 bits per heavy atom. The van der Waals surface area contributed by atoms with Crippen LogP contribution in [0.5, 0.6) is 0 Å². The molecule has 1 aromatic rings. The van der Waals surface area contributed by atoms with Crippen molar-refractivity contribution in [3.8, 4) is 0 Å². The van der Waals surface area contributed by atoms with Gasteiger partial charge in [-0.1, -0.05) is 11.6 Å². The quantitative estimate of drug-likeness (QED) is 0.510. The summed E-state index contributed by atoms with van der Waals surface area (Å²) in [6.45, 7) is 1.71. The average Bonchev–Trinajstić information content (AvgIpc) is 3.18. The van der Waals surface area contributed by atoms with Crippen LogP contribution in [0.2, 0.25) is 5.02 Å². The third kappa shape index (κ3) is 5.76. The van der Waals surface area contributed by atoms with E-state index < -0.39 is 54.1 Å². The maximum absolute atomic E-state index is 13.2. The fraction of sp³-hybridized carbons (Fsp3) is 0.421. The number of aliphatic carboxylic acids is 1. The average molecular weight is 442 g/mol. The van der Waals surface area contributed by atoms with Crippen LogP contribution in [0.1, 0.15) is 36.5 Å². The lowest BCUT2D eigenvalue weighted by atomic mass is 10.1. The lowest BCUT2D eigenvalue weighted by molar-refractivity contribution is -0.141. The predicted octanol–water partition coefficient (Wildman–Crippen LogP) is 0.747. The molecule has 1 saturated heterocycles. The van der Waals surface area contributed by atoms with E-state index in [1.54, 1.807) is 0 Å². The van der Waals surface area contributed by atoms with Gasteiger partial charge in [-0.2, -0.15) is 0 Å². The van der Waals surface area contributed by atoms with Gasteiger partial charge in [0.2, 0.25) is 11.8 Å². The van der Waals surface area contributed by atoms with Crippen LogP contribution < -0.4 is 10.6 Å². The summed E-state index contributed by atoms with van der Waals surface area (Å²) >= 11 is 5.66. The van der Waals surface area contributed by atoms with Crippen molar-refractivity contribution in [3.63, 3.8) is 0 Å². The van der Waals surface area contributed by atoms with Gasteiger partial charge in [0.05, 0.1) is 17.5 Å². The molecule has 3 amide bonds. The van der Waals surface area contributed by atoms with Crippen molar-refractivity contribution in [3.05, 3.63) is 34.6 Å². The van der Waals surface area contributed by atoms with Gasteiger partial charge in [0.1, 0.15) is 24.2 Å². The van der Waals surface area contributed by atoms with Gasteiger partial charge < -0.3 is 25.4 Å². The normalized spacial score (nSPS) is 17.7. The van der Waals surface area contributed by atoms with Crippen LogP contribution in [0.3, 0.4) is 0 Å². The van der Waals surface area contributed by atoms with Crippen LogP contribution in [-0.2, 0) is 19.2 Å². The topological polar surface area (TPSA) is 133 Å². The fourth-order valence-electron chi connectivity index (χ4n) is 3.13. The Balaban J connectivity index is 2.02. The maximum atomic E-state index is 13.2. The third-order valence-electron chi connectivity index (χ3n) is 4.62. The van der Waals surface area contributed by atoms with Crippen LogP contribution in [0, 0.1) is 5.82 Å². The van der Waals surface area contributed by atoms with E-state index in [9.17, 15) is 28.4 Å². The van der Waals surface area contributed by atoms with Crippen molar-refractivity contribution in [2.75, 3.05) is 6.54 Å². The van der Waals surface area contributed by atoms with Gasteiger partial charge in [-0.05, 0) is 38.0 Å². The zero-order valence-electron chi connectivity index (χ0n) is 16.1. The number of halogens is 2. The zero-order chi connectivity index (χ0) is 22.4. The summed E-state index contributed by atoms with van der Waals surface area (Å²) in [5.74, 6) is -3.72. The van der Waals surface area contributed by atoms with E-state index in [1.807, 2.05) is 0 Å². The number of hydrogen-bond acceptors (Lipinski definition) is 5. The fourth-order valence-corrected chi connectivity index (χ4v) is 3.31. The summed E-state index contributed by atoms with van der Waals surface area (Å²) in [5.41, 5.74) is 0.0688. The summed E-state index contributed by atoms with van der Waals surface area (Å²) in [6.07, 6.45) is 0.625. The second-order valence-corrected chi connectivity index (χ2v) is 7.27. The molecule has 0 spiro atoms. The number of nitrogens with one attached hydrogen (secondary N) is 2. The molecular formula is C19H21ClFN3O6. The molecule has 1 aliphatic heterocycles. The molecule has 2 unspecified atom stereocenters. The van der Waals surface area contributed by atoms with Crippen LogP contribution in [0.25, 0.3) is 0 Å². The van der Waals surface area contributed by atoms with Gasteiger partial charge in [-0.15, -0.1) is 0 Å². The Labute approximate surface area is 176 Å². The summed E-state index contributed by atoms with van der Waals surface area (Å²) in [5, 5.41) is 13.3. The van der Waals surface area contributed by atoms with E-state index in [4.69, 9.17) is 16.7 Å². The third-order valence-corrected chi connectivity index (χ3v) is 4.91. The number of carboxylic acid groups (broad SMARTS) is 1. The minimum absolute atomic E-state index is 0.0688. The Bertz CT molecular complexity index is 865. The van der Waals surface area contributed by atoms with Gasteiger partial charge in [0.25, 0.3) is 5.91 Å². The first kappa shape index (κ1) is 23.3. The molecule has 30 heavy (non-hydrogen) atoms. The number of rotatable bonds is 8. The number of carbonyl (C=O) groups is 5. The number of amides is 3. The highest BCUT2D eigenvalue weighted by Crippen LogP contribution is 2.20. The number of carboxylic acids is 1. The van der Waals surface area contributed by atoms with Gasteiger partial charge in [0, 0.05) is 12.1 Å². The lowest BCUT2D eigenvalue weighted by Crippen LogP contribution is -2.54. The molecule has 9 nitrogen and oxygen atoms in total. The second kappa shape index (κ2) is 10.1.